The molecular formula is C14H14F3N3. The van der Waals surface area contributed by atoms with Crippen molar-refractivity contribution in [1.29, 1.82) is 0 Å². The Morgan fingerprint density at radius 1 is 1.05 bits per heavy atom. The summed E-state index contributed by atoms with van der Waals surface area (Å²) in [7, 11) is 0. The smallest absolute Gasteiger partial charge is 0.223 e. The number of nitrogens with one attached hydrogen (secondary N) is 1. The van der Waals surface area contributed by atoms with Crippen molar-refractivity contribution in [3.8, 4) is 11.3 Å². The second-order valence-corrected chi connectivity index (χ2v) is 4.40. The normalized spacial score (nSPS) is 10.7. The van der Waals surface area contributed by atoms with Crippen LogP contribution in [0.4, 0.5) is 19.1 Å². The summed E-state index contributed by atoms with van der Waals surface area (Å²) in [5.41, 5.74) is 1.17. The van der Waals surface area contributed by atoms with E-state index in [1.54, 1.807) is 13.0 Å². The minimum Gasteiger partial charge on any atom is -0.354 e. The van der Waals surface area contributed by atoms with Gasteiger partial charge in [0.2, 0.25) is 5.95 Å². The lowest BCUT2D eigenvalue weighted by Crippen LogP contribution is -2.06. The van der Waals surface area contributed by atoms with Gasteiger partial charge in [0, 0.05) is 17.8 Å². The molecule has 0 spiro atoms. The van der Waals surface area contributed by atoms with Gasteiger partial charge >= 0.3 is 0 Å². The highest BCUT2D eigenvalue weighted by molar-refractivity contribution is 5.61. The Morgan fingerprint density at radius 2 is 1.70 bits per heavy atom. The molecule has 0 unspecified atom stereocenters. The zero-order valence-electron chi connectivity index (χ0n) is 11.2. The van der Waals surface area contributed by atoms with Crippen molar-refractivity contribution in [2.45, 2.75) is 20.3 Å². The number of rotatable bonds is 4. The molecule has 0 radical (unpaired) electrons. The average molecular weight is 281 g/mol. The first-order valence-corrected chi connectivity index (χ1v) is 6.25. The van der Waals surface area contributed by atoms with Crippen LogP contribution in [0.25, 0.3) is 11.3 Å². The number of nitrogens with zero attached hydrogens (tertiary/aromatic N) is 2. The van der Waals surface area contributed by atoms with E-state index in [0.717, 1.165) is 18.6 Å². The minimum absolute atomic E-state index is 0.173. The summed E-state index contributed by atoms with van der Waals surface area (Å²) in [5.74, 6) is -3.57. The van der Waals surface area contributed by atoms with Crippen LogP contribution in [0.3, 0.4) is 0 Å². The number of aromatic nitrogens is 2. The molecule has 1 N–H and O–H groups in total. The molecule has 1 aromatic heterocycles. The van der Waals surface area contributed by atoms with Crippen LogP contribution in [0.15, 0.2) is 18.2 Å². The predicted octanol–water partition coefficient (Wildman–Crippen LogP) is 3.69. The van der Waals surface area contributed by atoms with Gasteiger partial charge in [-0.25, -0.2) is 23.1 Å². The Hall–Kier alpha value is -2.11. The van der Waals surface area contributed by atoms with Gasteiger partial charge in [-0.2, -0.15) is 0 Å². The Labute approximate surface area is 114 Å². The average Bonchev–Trinajstić information content (AvgIpc) is 2.41. The minimum atomic E-state index is -1.48. The second kappa shape index (κ2) is 5.90. The number of anilines is 1. The molecule has 3 nitrogen and oxygen atoms in total. The molecule has 20 heavy (non-hydrogen) atoms. The molecule has 2 rings (SSSR count). The highest BCUT2D eigenvalue weighted by Gasteiger charge is 2.13. The lowest BCUT2D eigenvalue weighted by molar-refractivity contribution is 0.447. The highest BCUT2D eigenvalue weighted by atomic mass is 19.2. The second-order valence-electron chi connectivity index (χ2n) is 4.40. The Morgan fingerprint density at radius 3 is 2.30 bits per heavy atom. The van der Waals surface area contributed by atoms with Gasteiger partial charge in [-0.05, 0) is 31.5 Å². The van der Waals surface area contributed by atoms with Crippen molar-refractivity contribution in [2.75, 3.05) is 11.9 Å². The molecule has 0 aliphatic rings. The number of hydrogen-bond donors (Lipinski definition) is 1. The zero-order valence-corrected chi connectivity index (χ0v) is 11.2. The lowest BCUT2D eigenvalue weighted by atomic mass is 10.1. The summed E-state index contributed by atoms with van der Waals surface area (Å²) < 4.78 is 39.5. The molecule has 0 fully saturated rings. The van der Waals surface area contributed by atoms with Crippen LogP contribution in [-0.4, -0.2) is 16.5 Å². The topological polar surface area (TPSA) is 37.8 Å². The lowest BCUT2D eigenvalue weighted by Gasteiger charge is -2.08. The van der Waals surface area contributed by atoms with Crippen molar-refractivity contribution >= 4 is 5.95 Å². The van der Waals surface area contributed by atoms with E-state index in [1.807, 2.05) is 6.92 Å². The quantitative estimate of drug-likeness (QED) is 0.868. The van der Waals surface area contributed by atoms with Crippen LogP contribution in [0, 0.1) is 24.4 Å². The van der Waals surface area contributed by atoms with Crippen LogP contribution >= 0.6 is 0 Å². The van der Waals surface area contributed by atoms with Crippen molar-refractivity contribution in [3.05, 3.63) is 41.3 Å². The van der Waals surface area contributed by atoms with Gasteiger partial charge < -0.3 is 5.32 Å². The standard InChI is InChI=1S/C14H14F3N3/c1-3-4-18-14-19-8(2)5-12(20-14)9-6-10(15)13(17)11(16)7-9/h5-7H,3-4H2,1-2H3,(H,18,19,20). The molecule has 1 aromatic carbocycles. The molecular weight excluding hydrogens is 267 g/mol. The summed E-state index contributed by atoms with van der Waals surface area (Å²) in [5, 5.41) is 3.00. The summed E-state index contributed by atoms with van der Waals surface area (Å²) in [4.78, 5) is 8.35. The summed E-state index contributed by atoms with van der Waals surface area (Å²) in [6.07, 6.45) is 0.895. The van der Waals surface area contributed by atoms with Crippen LogP contribution in [0.2, 0.25) is 0 Å². The third kappa shape index (κ3) is 3.07. The fourth-order valence-corrected chi connectivity index (χ4v) is 1.74. The molecule has 2 aromatic rings. The van der Waals surface area contributed by atoms with Crippen molar-refractivity contribution in [2.24, 2.45) is 0 Å². The third-order valence-corrected chi connectivity index (χ3v) is 2.67. The van der Waals surface area contributed by atoms with Gasteiger partial charge in [0.05, 0.1) is 5.69 Å². The fraction of sp³-hybridized carbons (Fsp3) is 0.286. The van der Waals surface area contributed by atoms with Gasteiger partial charge in [-0.15, -0.1) is 0 Å². The largest absolute Gasteiger partial charge is 0.354 e. The first kappa shape index (κ1) is 14.3. The molecule has 0 aliphatic carbocycles. The van der Waals surface area contributed by atoms with E-state index in [-0.39, 0.29) is 5.56 Å². The van der Waals surface area contributed by atoms with Crippen LogP contribution in [0.5, 0.6) is 0 Å². The molecule has 0 aliphatic heterocycles. The molecule has 0 saturated heterocycles. The van der Waals surface area contributed by atoms with E-state index in [9.17, 15) is 13.2 Å². The Balaban J connectivity index is 2.44. The molecule has 0 atom stereocenters. The Bertz CT molecular complexity index is 606. The van der Waals surface area contributed by atoms with Crippen molar-refractivity contribution < 1.29 is 13.2 Å². The van der Waals surface area contributed by atoms with Crippen molar-refractivity contribution in [3.63, 3.8) is 0 Å². The summed E-state index contributed by atoms with van der Waals surface area (Å²) in [6.45, 7) is 4.43. The van der Waals surface area contributed by atoms with Gasteiger partial charge in [-0.3, -0.25) is 0 Å². The van der Waals surface area contributed by atoms with Crippen LogP contribution in [-0.2, 0) is 0 Å². The van der Waals surface area contributed by atoms with E-state index in [1.165, 1.54) is 0 Å². The van der Waals surface area contributed by atoms with E-state index in [4.69, 9.17) is 0 Å². The maximum atomic E-state index is 13.3. The maximum Gasteiger partial charge on any atom is 0.223 e. The molecule has 6 heteroatoms. The number of benzene rings is 1. The first-order chi connectivity index (χ1) is 9.51. The predicted molar refractivity (Wildman–Crippen MR) is 70.9 cm³/mol. The Kier molecular flexibility index (Phi) is 4.22. The molecule has 106 valence electrons. The molecule has 0 amide bonds. The number of halogens is 3. The number of hydrogen-bond acceptors (Lipinski definition) is 3. The first-order valence-electron chi connectivity index (χ1n) is 6.25. The van der Waals surface area contributed by atoms with Gasteiger partial charge in [-0.1, -0.05) is 6.92 Å². The van der Waals surface area contributed by atoms with Gasteiger partial charge in [0.25, 0.3) is 0 Å². The molecule has 0 saturated carbocycles. The molecule has 0 bridgehead atoms. The molecule has 1 heterocycles. The zero-order chi connectivity index (χ0) is 14.7. The third-order valence-electron chi connectivity index (χ3n) is 2.67. The van der Waals surface area contributed by atoms with E-state index < -0.39 is 17.5 Å². The fourth-order valence-electron chi connectivity index (χ4n) is 1.74. The van der Waals surface area contributed by atoms with Crippen molar-refractivity contribution in [1.82, 2.24) is 9.97 Å². The van der Waals surface area contributed by atoms with Crippen LogP contribution in [0.1, 0.15) is 19.0 Å². The van der Waals surface area contributed by atoms with Gasteiger partial charge in [0.15, 0.2) is 17.5 Å². The van der Waals surface area contributed by atoms with Crippen LogP contribution < -0.4 is 5.32 Å². The van der Waals surface area contributed by atoms with E-state index in [0.29, 0.717) is 23.9 Å². The van der Waals surface area contributed by atoms with E-state index in [2.05, 4.69) is 15.3 Å². The number of aryl methyl sites for hydroxylation is 1. The highest BCUT2D eigenvalue weighted by Crippen LogP contribution is 2.23. The maximum absolute atomic E-state index is 13.3. The van der Waals surface area contributed by atoms with Gasteiger partial charge in [0.1, 0.15) is 0 Å². The summed E-state index contributed by atoms with van der Waals surface area (Å²) in [6, 6.07) is 3.43. The summed E-state index contributed by atoms with van der Waals surface area (Å²) >= 11 is 0. The van der Waals surface area contributed by atoms with E-state index >= 15 is 0 Å². The SMILES string of the molecule is CCCNc1nc(C)cc(-c2cc(F)c(F)c(F)c2)n1. The monoisotopic (exact) mass is 281 g/mol.